The lowest BCUT2D eigenvalue weighted by Crippen LogP contribution is -2.39. The topological polar surface area (TPSA) is 75.9 Å². The van der Waals surface area contributed by atoms with Gasteiger partial charge in [-0.25, -0.2) is 4.39 Å². The predicted octanol–water partition coefficient (Wildman–Crippen LogP) is 2.96. The Morgan fingerprint density at radius 3 is 2.61 bits per heavy atom. The molecule has 8 heteroatoms. The smallest absolute Gasteiger partial charge is 0.250 e. The summed E-state index contributed by atoms with van der Waals surface area (Å²) in [6, 6.07) is 14.4. The Hall–Kier alpha value is -3.29. The van der Waals surface area contributed by atoms with Crippen LogP contribution in [0.3, 0.4) is 0 Å². The fourth-order valence-electron chi connectivity index (χ4n) is 3.37. The van der Waals surface area contributed by atoms with Crippen LogP contribution < -0.4 is 10.2 Å². The number of halogens is 1. The molecule has 0 aliphatic carbocycles. The highest BCUT2D eigenvalue weighted by atomic mass is 19.1. The largest absolute Gasteiger partial charge is 0.339 e. The van der Waals surface area contributed by atoms with Gasteiger partial charge in [0.15, 0.2) is 0 Å². The first-order valence-electron chi connectivity index (χ1n) is 9.27. The molecule has 4 rings (SSSR count). The van der Waals surface area contributed by atoms with E-state index in [1.54, 1.807) is 23.7 Å². The third-order valence-corrected chi connectivity index (χ3v) is 5.04. The molecule has 1 aliphatic rings. The molecule has 1 aliphatic heterocycles. The molecular weight excluding hydrogens is 359 g/mol. The highest BCUT2D eigenvalue weighted by molar-refractivity contribution is 5.92. The minimum atomic E-state index is -0.319. The van der Waals surface area contributed by atoms with Crippen LogP contribution in [0, 0.1) is 18.7 Å². The van der Waals surface area contributed by atoms with Crippen molar-refractivity contribution in [3.63, 3.8) is 0 Å². The van der Waals surface area contributed by atoms with Crippen LogP contribution >= 0.6 is 0 Å². The monoisotopic (exact) mass is 380 g/mol. The van der Waals surface area contributed by atoms with Gasteiger partial charge in [-0.05, 0) is 60.0 Å². The molecule has 0 radical (unpaired) electrons. The fraction of sp³-hybridized carbons (Fsp3) is 0.300. The zero-order valence-corrected chi connectivity index (χ0v) is 15.5. The highest BCUT2D eigenvalue weighted by Gasteiger charge is 2.28. The molecule has 0 saturated carbocycles. The summed E-state index contributed by atoms with van der Waals surface area (Å²) < 4.78 is 15.4. The van der Waals surface area contributed by atoms with E-state index in [-0.39, 0.29) is 17.6 Å². The number of piperidine rings is 1. The first-order chi connectivity index (χ1) is 13.6. The number of hydrogen-bond donors (Lipinski definition) is 1. The first-order valence-corrected chi connectivity index (χ1v) is 9.27. The van der Waals surface area contributed by atoms with Crippen molar-refractivity contribution in [1.82, 2.24) is 20.2 Å². The molecule has 0 atom stereocenters. The summed E-state index contributed by atoms with van der Waals surface area (Å²) in [7, 11) is 0. The third-order valence-electron chi connectivity index (χ3n) is 5.04. The van der Waals surface area contributed by atoms with Crippen LogP contribution in [0.4, 0.5) is 16.0 Å². The quantitative estimate of drug-likeness (QED) is 0.753. The van der Waals surface area contributed by atoms with E-state index in [2.05, 4.69) is 25.7 Å². The number of benzene rings is 2. The predicted molar refractivity (Wildman–Crippen MR) is 104 cm³/mol. The summed E-state index contributed by atoms with van der Waals surface area (Å²) in [5.41, 5.74) is 1.94. The van der Waals surface area contributed by atoms with Crippen molar-refractivity contribution in [3.8, 4) is 5.69 Å². The van der Waals surface area contributed by atoms with Gasteiger partial charge in [0.2, 0.25) is 11.9 Å². The maximum absolute atomic E-state index is 13.7. The number of nitrogens with one attached hydrogen (secondary N) is 1. The second kappa shape index (κ2) is 7.75. The number of carbonyl (C=O) groups is 1. The maximum Gasteiger partial charge on any atom is 0.250 e. The van der Waals surface area contributed by atoms with Gasteiger partial charge in [0.05, 0.1) is 5.69 Å². The molecule has 0 unspecified atom stereocenters. The van der Waals surface area contributed by atoms with Crippen molar-refractivity contribution >= 4 is 17.5 Å². The lowest BCUT2D eigenvalue weighted by atomic mass is 9.96. The number of carbonyl (C=O) groups excluding carboxylic acids is 1. The van der Waals surface area contributed by atoms with Crippen molar-refractivity contribution in [2.45, 2.75) is 19.8 Å². The number of anilines is 2. The van der Waals surface area contributed by atoms with Gasteiger partial charge in [-0.3, -0.25) is 4.79 Å². The summed E-state index contributed by atoms with van der Waals surface area (Å²) in [6.45, 7) is 3.04. The van der Waals surface area contributed by atoms with Crippen LogP contribution in [0.15, 0.2) is 48.5 Å². The van der Waals surface area contributed by atoms with E-state index in [0.29, 0.717) is 43.1 Å². The van der Waals surface area contributed by atoms with E-state index >= 15 is 0 Å². The molecule has 2 aromatic carbocycles. The van der Waals surface area contributed by atoms with E-state index in [1.165, 1.54) is 6.07 Å². The molecule has 0 bridgehead atoms. The number of aromatic nitrogens is 4. The average molecular weight is 380 g/mol. The van der Waals surface area contributed by atoms with Crippen molar-refractivity contribution in [2.24, 2.45) is 5.92 Å². The summed E-state index contributed by atoms with van der Waals surface area (Å²) in [6.07, 6.45) is 1.36. The maximum atomic E-state index is 13.7. The number of amides is 1. The van der Waals surface area contributed by atoms with E-state index in [9.17, 15) is 9.18 Å². The van der Waals surface area contributed by atoms with Gasteiger partial charge in [0.25, 0.3) is 0 Å². The summed E-state index contributed by atoms with van der Waals surface area (Å²) in [4.78, 5) is 14.6. The zero-order chi connectivity index (χ0) is 19.5. The molecular formula is C20H21FN6O. The summed E-state index contributed by atoms with van der Waals surface area (Å²) in [5.74, 6) is 0.151. The second-order valence-electron chi connectivity index (χ2n) is 6.94. The molecule has 28 heavy (non-hydrogen) atoms. The average Bonchev–Trinajstić information content (AvgIpc) is 3.21. The third kappa shape index (κ3) is 3.71. The molecule has 1 N–H and O–H groups in total. The second-order valence-corrected chi connectivity index (χ2v) is 6.94. The minimum Gasteiger partial charge on any atom is -0.339 e. The Balaban J connectivity index is 1.39. The summed E-state index contributed by atoms with van der Waals surface area (Å²) >= 11 is 0. The Morgan fingerprint density at radius 1 is 1.14 bits per heavy atom. The summed E-state index contributed by atoms with van der Waals surface area (Å²) in [5, 5.41) is 14.9. The number of tetrazole rings is 1. The number of rotatable bonds is 4. The molecule has 1 amide bonds. The Labute approximate surface area is 162 Å². The molecule has 7 nitrogen and oxygen atoms in total. The number of para-hydroxylation sites is 1. The molecule has 1 fully saturated rings. The van der Waals surface area contributed by atoms with Crippen molar-refractivity contribution in [3.05, 3.63) is 59.9 Å². The van der Waals surface area contributed by atoms with Crippen LogP contribution in [0.1, 0.15) is 18.4 Å². The molecule has 144 valence electrons. The Kier molecular flexibility index (Phi) is 5.01. The minimum absolute atomic E-state index is 0.0782. The van der Waals surface area contributed by atoms with Crippen LogP contribution in [-0.2, 0) is 4.79 Å². The highest BCUT2D eigenvalue weighted by Crippen LogP contribution is 2.24. The Morgan fingerprint density at radius 2 is 1.89 bits per heavy atom. The van der Waals surface area contributed by atoms with E-state index in [4.69, 9.17) is 0 Å². The Bertz CT molecular complexity index is 966. The molecule has 1 saturated heterocycles. The lowest BCUT2D eigenvalue weighted by molar-refractivity contribution is -0.120. The standard InChI is InChI=1S/C20H21FN6O/c1-14-7-8-16(13-18(14)21)22-19(28)15-9-11-26(12-10-15)20-23-24-25-27(20)17-5-3-2-4-6-17/h2-8,13,15H,9-12H2,1H3,(H,22,28). The SMILES string of the molecule is Cc1ccc(NC(=O)C2CCN(c3nnnn3-c3ccccc3)CC2)cc1F. The van der Waals surface area contributed by atoms with E-state index in [1.807, 2.05) is 30.3 Å². The zero-order valence-electron chi connectivity index (χ0n) is 15.5. The number of aryl methyl sites for hydroxylation is 1. The molecule has 3 aromatic rings. The van der Waals surface area contributed by atoms with Gasteiger partial charge < -0.3 is 10.2 Å². The molecule has 1 aromatic heterocycles. The van der Waals surface area contributed by atoms with Crippen LogP contribution in [-0.4, -0.2) is 39.2 Å². The molecule has 2 heterocycles. The van der Waals surface area contributed by atoms with E-state index < -0.39 is 0 Å². The number of nitrogens with zero attached hydrogens (tertiary/aromatic N) is 5. The normalized spacial score (nSPS) is 14.9. The van der Waals surface area contributed by atoms with Crippen LogP contribution in [0.2, 0.25) is 0 Å². The molecule has 0 spiro atoms. The van der Waals surface area contributed by atoms with Gasteiger partial charge in [0, 0.05) is 24.7 Å². The van der Waals surface area contributed by atoms with Crippen molar-refractivity contribution in [2.75, 3.05) is 23.3 Å². The van der Waals surface area contributed by atoms with Gasteiger partial charge in [0.1, 0.15) is 5.82 Å². The van der Waals surface area contributed by atoms with Gasteiger partial charge >= 0.3 is 0 Å². The van der Waals surface area contributed by atoms with Gasteiger partial charge in [-0.15, -0.1) is 0 Å². The van der Waals surface area contributed by atoms with Crippen molar-refractivity contribution < 1.29 is 9.18 Å². The van der Waals surface area contributed by atoms with Crippen molar-refractivity contribution in [1.29, 1.82) is 0 Å². The van der Waals surface area contributed by atoms with Gasteiger partial charge in [-0.1, -0.05) is 29.4 Å². The van der Waals surface area contributed by atoms with E-state index in [0.717, 1.165) is 5.69 Å². The van der Waals surface area contributed by atoms with Crippen LogP contribution in [0.5, 0.6) is 0 Å². The lowest BCUT2D eigenvalue weighted by Gasteiger charge is -2.31. The fourth-order valence-corrected chi connectivity index (χ4v) is 3.37. The van der Waals surface area contributed by atoms with Gasteiger partial charge in [-0.2, -0.15) is 4.68 Å². The first kappa shape index (κ1) is 18.1. The van der Waals surface area contributed by atoms with Crippen LogP contribution in [0.25, 0.3) is 5.69 Å². The number of hydrogen-bond acceptors (Lipinski definition) is 5.